The van der Waals surface area contributed by atoms with Crippen molar-refractivity contribution in [3.63, 3.8) is 0 Å². The van der Waals surface area contributed by atoms with Crippen LogP contribution in [0.15, 0.2) is 0 Å². The summed E-state index contributed by atoms with van der Waals surface area (Å²) < 4.78 is 0. The van der Waals surface area contributed by atoms with Crippen molar-refractivity contribution in [1.82, 2.24) is 4.90 Å². The lowest BCUT2D eigenvalue weighted by Gasteiger charge is -2.27. The van der Waals surface area contributed by atoms with Crippen molar-refractivity contribution in [3.05, 3.63) is 0 Å². The van der Waals surface area contributed by atoms with E-state index in [0.29, 0.717) is 5.84 Å². The van der Waals surface area contributed by atoms with Crippen molar-refractivity contribution in [2.45, 2.75) is 65.8 Å². The lowest BCUT2D eigenvalue weighted by Crippen LogP contribution is -2.32. The highest BCUT2D eigenvalue weighted by Crippen LogP contribution is 2.22. The molecular formula is C14H31N3. The minimum Gasteiger partial charge on any atom is -0.387 e. The number of unbranched alkanes of at least 4 members (excludes halogenated alkanes) is 1. The van der Waals surface area contributed by atoms with E-state index < -0.39 is 0 Å². The van der Waals surface area contributed by atoms with E-state index in [2.05, 4.69) is 39.6 Å². The third-order valence-corrected chi connectivity index (χ3v) is 3.86. The van der Waals surface area contributed by atoms with Gasteiger partial charge in [0.25, 0.3) is 0 Å². The minimum atomic E-state index is -0.131. The lowest BCUT2D eigenvalue weighted by molar-refractivity contribution is 0.222. The largest absolute Gasteiger partial charge is 0.387 e. The molecule has 0 fully saturated rings. The van der Waals surface area contributed by atoms with Crippen molar-refractivity contribution in [3.8, 4) is 0 Å². The zero-order chi connectivity index (χ0) is 13.5. The molecule has 0 atom stereocenters. The van der Waals surface area contributed by atoms with Gasteiger partial charge < -0.3 is 10.6 Å². The summed E-state index contributed by atoms with van der Waals surface area (Å²) in [5.74, 6) is 0.311. The summed E-state index contributed by atoms with van der Waals surface area (Å²) in [6.45, 7) is 9.77. The molecule has 0 aromatic heterocycles. The van der Waals surface area contributed by atoms with Gasteiger partial charge >= 0.3 is 0 Å². The first kappa shape index (κ1) is 16.4. The van der Waals surface area contributed by atoms with E-state index in [4.69, 9.17) is 11.1 Å². The standard InChI is InChI=1S/C14H31N3/c1-6-12(7-2)17(5)11-9-8-10-14(3,4)13(15)16/h12H,6-11H2,1-5H3,(H3,15,16). The molecule has 0 saturated carbocycles. The predicted octanol–water partition coefficient (Wildman–Crippen LogP) is 3.24. The third kappa shape index (κ3) is 6.06. The van der Waals surface area contributed by atoms with Gasteiger partial charge in [0, 0.05) is 11.5 Å². The van der Waals surface area contributed by atoms with Gasteiger partial charge in [-0.05, 0) is 39.3 Å². The summed E-state index contributed by atoms with van der Waals surface area (Å²) in [5.41, 5.74) is 5.44. The quantitative estimate of drug-likeness (QED) is 0.370. The Balaban J connectivity index is 3.81. The number of hydrogen-bond acceptors (Lipinski definition) is 2. The lowest BCUT2D eigenvalue weighted by atomic mass is 9.86. The van der Waals surface area contributed by atoms with Crippen LogP contribution in [0.5, 0.6) is 0 Å². The van der Waals surface area contributed by atoms with E-state index in [1.54, 1.807) is 0 Å². The number of rotatable bonds is 9. The maximum Gasteiger partial charge on any atom is 0.0963 e. The summed E-state index contributed by atoms with van der Waals surface area (Å²) in [7, 11) is 2.22. The van der Waals surface area contributed by atoms with Crippen molar-refractivity contribution in [1.29, 1.82) is 5.41 Å². The van der Waals surface area contributed by atoms with Gasteiger partial charge in [0.1, 0.15) is 0 Å². The fourth-order valence-corrected chi connectivity index (χ4v) is 2.16. The minimum absolute atomic E-state index is 0.131. The second kappa shape index (κ2) is 7.70. The molecule has 0 rings (SSSR count). The Morgan fingerprint density at radius 2 is 1.76 bits per heavy atom. The molecule has 0 aromatic rings. The monoisotopic (exact) mass is 241 g/mol. The van der Waals surface area contributed by atoms with Crippen molar-refractivity contribution in [2.24, 2.45) is 11.1 Å². The van der Waals surface area contributed by atoms with Gasteiger partial charge in [-0.15, -0.1) is 0 Å². The highest BCUT2D eigenvalue weighted by atomic mass is 15.1. The second-order valence-corrected chi connectivity index (χ2v) is 5.71. The average molecular weight is 241 g/mol. The first-order valence-electron chi connectivity index (χ1n) is 6.89. The molecule has 0 spiro atoms. The average Bonchev–Trinajstić information content (AvgIpc) is 2.26. The topological polar surface area (TPSA) is 53.1 Å². The van der Waals surface area contributed by atoms with Crippen LogP contribution < -0.4 is 5.73 Å². The van der Waals surface area contributed by atoms with Gasteiger partial charge in [-0.25, -0.2) is 0 Å². The van der Waals surface area contributed by atoms with Gasteiger partial charge in [-0.2, -0.15) is 0 Å². The van der Waals surface area contributed by atoms with Gasteiger partial charge in [-0.1, -0.05) is 34.1 Å². The molecule has 17 heavy (non-hydrogen) atoms. The van der Waals surface area contributed by atoms with Crippen LogP contribution in [-0.4, -0.2) is 30.4 Å². The van der Waals surface area contributed by atoms with Crippen molar-refractivity contribution >= 4 is 5.84 Å². The third-order valence-electron chi connectivity index (χ3n) is 3.86. The Bertz CT molecular complexity index is 220. The fourth-order valence-electron chi connectivity index (χ4n) is 2.16. The maximum absolute atomic E-state index is 7.51. The Morgan fingerprint density at radius 1 is 1.24 bits per heavy atom. The summed E-state index contributed by atoms with van der Waals surface area (Å²) in [6.07, 6.45) is 5.82. The predicted molar refractivity (Wildman–Crippen MR) is 76.5 cm³/mol. The van der Waals surface area contributed by atoms with Crippen LogP contribution in [0.4, 0.5) is 0 Å². The molecule has 0 unspecified atom stereocenters. The maximum atomic E-state index is 7.51. The molecule has 0 bridgehead atoms. The Morgan fingerprint density at radius 3 is 2.18 bits per heavy atom. The molecule has 3 N–H and O–H groups in total. The molecular weight excluding hydrogens is 210 g/mol. The molecule has 3 nitrogen and oxygen atoms in total. The first-order chi connectivity index (χ1) is 7.85. The smallest absolute Gasteiger partial charge is 0.0963 e. The molecule has 0 amide bonds. The van der Waals surface area contributed by atoms with Gasteiger partial charge in [-0.3, -0.25) is 5.41 Å². The van der Waals surface area contributed by atoms with E-state index in [1.807, 2.05) is 0 Å². The van der Waals surface area contributed by atoms with Crippen LogP contribution in [0, 0.1) is 10.8 Å². The van der Waals surface area contributed by atoms with E-state index in [-0.39, 0.29) is 5.41 Å². The molecule has 0 aliphatic heterocycles. The molecule has 0 aliphatic carbocycles. The SMILES string of the molecule is CCC(CC)N(C)CCCCC(C)(C)C(=N)N. The van der Waals surface area contributed by atoms with Crippen LogP contribution in [0.2, 0.25) is 0 Å². The van der Waals surface area contributed by atoms with Crippen LogP contribution in [0.3, 0.4) is 0 Å². The number of nitrogens with one attached hydrogen (secondary N) is 1. The molecule has 0 radical (unpaired) electrons. The zero-order valence-corrected chi connectivity index (χ0v) is 12.3. The number of hydrogen-bond donors (Lipinski definition) is 2. The van der Waals surface area contributed by atoms with E-state index >= 15 is 0 Å². The van der Waals surface area contributed by atoms with Gasteiger partial charge in [0.05, 0.1) is 5.84 Å². The summed E-state index contributed by atoms with van der Waals surface area (Å²) >= 11 is 0. The van der Waals surface area contributed by atoms with Crippen LogP contribution in [0.1, 0.15) is 59.8 Å². The van der Waals surface area contributed by atoms with E-state index in [0.717, 1.165) is 25.4 Å². The van der Waals surface area contributed by atoms with Crippen LogP contribution in [-0.2, 0) is 0 Å². The highest BCUT2D eigenvalue weighted by molar-refractivity contribution is 5.82. The zero-order valence-electron chi connectivity index (χ0n) is 12.3. The molecule has 0 heterocycles. The molecule has 102 valence electrons. The van der Waals surface area contributed by atoms with Crippen molar-refractivity contribution < 1.29 is 0 Å². The molecule has 0 saturated heterocycles. The number of amidine groups is 1. The highest BCUT2D eigenvalue weighted by Gasteiger charge is 2.20. The molecule has 3 heteroatoms. The van der Waals surface area contributed by atoms with Crippen LogP contribution in [0.25, 0.3) is 0 Å². The molecule has 0 aliphatic rings. The van der Waals surface area contributed by atoms with Gasteiger partial charge in [0.2, 0.25) is 0 Å². The summed E-state index contributed by atoms with van der Waals surface area (Å²) in [4.78, 5) is 2.46. The Kier molecular flexibility index (Phi) is 7.44. The van der Waals surface area contributed by atoms with Gasteiger partial charge in [0.15, 0.2) is 0 Å². The fraction of sp³-hybridized carbons (Fsp3) is 0.929. The Labute approximate surface area is 107 Å². The Hall–Kier alpha value is -0.570. The van der Waals surface area contributed by atoms with E-state index in [9.17, 15) is 0 Å². The summed E-state index contributed by atoms with van der Waals surface area (Å²) in [5, 5.41) is 7.51. The first-order valence-corrected chi connectivity index (χ1v) is 6.89. The summed E-state index contributed by atoms with van der Waals surface area (Å²) in [6, 6.07) is 0.718. The van der Waals surface area contributed by atoms with Crippen molar-refractivity contribution in [2.75, 3.05) is 13.6 Å². The molecule has 0 aromatic carbocycles. The van der Waals surface area contributed by atoms with Crippen LogP contribution >= 0.6 is 0 Å². The second-order valence-electron chi connectivity index (χ2n) is 5.71. The number of nitrogens with zero attached hydrogens (tertiary/aromatic N) is 1. The number of nitrogens with two attached hydrogens (primary N) is 1. The normalized spacial score (nSPS) is 12.4. The van der Waals surface area contributed by atoms with E-state index in [1.165, 1.54) is 19.3 Å².